The van der Waals surface area contributed by atoms with Crippen molar-refractivity contribution in [3.8, 4) is 11.1 Å². The van der Waals surface area contributed by atoms with Gasteiger partial charge in [0.05, 0.1) is 20.5 Å². The predicted octanol–water partition coefficient (Wildman–Crippen LogP) is 5.22. The molecule has 0 radical (unpaired) electrons. The van der Waals surface area contributed by atoms with Gasteiger partial charge in [0.25, 0.3) is 5.91 Å². The maximum absolute atomic E-state index is 13.0. The summed E-state index contributed by atoms with van der Waals surface area (Å²) in [5.41, 5.74) is 1.61. The molecule has 7 nitrogen and oxygen atoms in total. The Morgan fingerprint density at radius 3 is 2.62 bits per heavy atom. The van der Waals surface area contributed by atoms with E-state index in [4.69, 9.17) is 4.74 Å². The summed E-state index contributed by atoms with van der Waals surface area (Å²) in [5.74, 6) is -0.571. The second-order valence-electron chi connectivity index (χ2n) is 8.51. The lowest BCUT2D eigenvalue weighted by Crippen LogP contribution is -2.27. The molecule has 32 heavy (non-hydrogen) atoms. The van der Waals surface area contributed by atoms with Crippen LogP contribution in [0.5, 0.6) is 0 Å². The molecule has 1 unspecified atom stereocenters. The number of aromatic nitrogens is 1. The van der Waals surface area contributed by atoms with Gasteiger partial charge in [0, 0.05) is 29.9 Å². The largest absolute Gasteiger partial charge is 0.444 e. The molecule has 0 aliphatic heterocycles. The summed E-state index contributed by atoms with van der Waals surface area (Å²) in [4.78, 5) is 28.9. The SMILES string of the molecule is CC(C)(C)OC(=O)Nc1cccc(-c2cncc(C(=O)N=[S@@](C)(=O)C3C=CC=CC3)c2)c1. The number of anilines is 1. The molecule has 168 valence electrons. The zero-order valence-corrected chi connectivity index (χ0v) is 19.4. The number of nitrogens with one attached hydrogen (secondary N) is 1. The number of carbonyl (C=O) groups excluding carboxylic acids is 2. The Morgan fingerprint density at radius 2 is 1.94 bits per heavy atom. The van der Waals surface area contributed by atoms with Crippen LogP contribution in [0.3, 0.4) is 0 Å². The predicted molar refractivity (Wildman–Crippen MR) is 127 cm³/mol. The van der Waals surface area contributed by atoms with Gasteiger partial charge in [-0.3, -0.25) is 15.1 Å². The average molecular weight is 454 g/mol. The van der Waals surface area contributed by atoms with Crippen molar-refractivity contribution in [3.63, 3.8) is 0 Å². The fraction of sp³-hybridized carbons (Fsp3) is 0.292. The van der Waals surface area contributed by atoms with Crippen LogP contribution in [-0.2, 0) is 14.5 Å². The number of hydrogen-bond donors (Lipinski definition) is 1. The quantitative estimate of drug-likeness (QED) is 0.685. The van der Waals surface area contributed by atoms with E-state index in [2.05, 4.69) is 14.7 Å². The molecule has 0 saturated carbocycles. The lowest BCUT2D eigenvalue weighted by Gasteiger charge is -2.19. The van der Waals surface area contributed by atoms with Crippen LogP contribution >= 0.6 is 0 Å². The van der Waals surface area contributed by atoms with Crippen LogP contribution in [-0.4, -0.2) is 38.3 Å². The van der Waals surface area contributed by atoms with Gasteiger partial charge in [-0.15, -0.1) is 0 Å². The Balaban J connectivity index is 1.82. The lowest BCUT2D eigenvalue weighted by molar-refractivity contribution is 0.0635. The van der Waals surface area contributed by atoms with Crippen LogP contribution < -0.4 is 5.32 Å². The molecule has 0 bridgehead atoms. The van der Waals surface area contributed by atoms with Crippen LogP contribution in [0.15, 0.2) is 71.4 Å². The molecule has 1 heterocycles. The highest BCUT2D eigenvalue weighted by atomic mass is 32.2. The van der Waals surface area contributed by atoms with Crippen molar-refractivity contribution in [2.45, 2.75) is 38.0 Å². The van der Waals surface area contributed by atoms with E-state index in [0.717, 1.165) is 5.56 Å². The molecule has 3 rings (SSSR count). The van der Waals surface area contributed by atoms with Gasteiger partial charge in [0.15, 0.2) is 0 Å². The first-order valence-corrected chi connectivity index (χ1v) is 12.2. The Labute approximate surface area is 188 Å². The minimum atomic E-state index is -2.75. The first-order chi connectivity index (χ1) is 15.0. The maximum Gasteiger partial charge on any atom is 0.412 e. The summed E-state index contributed by atoms with van der Waals surface area (Å²) >= 11 is 0. The first-order valence-electron chi connectivity index (χ1n) is 10.2. The van der Waals surface area contributed by atoms with E-state index < -0.39 is 27.3 Å². The fourth-order valence-electron chi connectivity index (χ4n) is 3.08. The van der Waals surface area contributed by atoms with Gasteiger partial charge in [-0.05, 0) is 51.0 Å². The standard InChI is InChI=1S/C24H27N3O4S/c1-24(2,3)31-23(29)26-20-10-8-9-17(14-20)18-13-19(16-25-15-18)22(28)27-32(4,30)21-11-6-5-7-12-21/h5-11,13-16,21H,12H2,1-4H3,(H,26,29)/t21?,32-/m0/s1. The third kappa shape index (κ3) is 6.37. The fourth-order valence-corrected chi connectivity index (χ4v) is 4.50. The smallest absolute Gasteiger partial charge is 0.412 e. The monoisotopic (exact) mass is 453 g/mol. The van der Waals surface area contributed by atoms with E-state index in [9.17, 15) is 13.8 Å². The second-order valence-corrected chi connectivity index (χ2v) is 11.0. The minimum Gasteiger partial charge on any atom is -0.444 e. The number of hydrogen-bond acceptors (Lipinski definition) is 5. The molecule has 1 aromatic carbocycles. The molecule has 2 aromatic rings. The zero-order valence-electron chi connectivity index (χ0n) is 18.6. The van der Waals surface area contributed by atoms with Crippen molar-refractivity contribution in [2.75, 3.05) is 11.6 Å². The lowest BCUT2D eigenvalue weighted by atomic mass is 10.1. The topological polar surface area (TPSA) is 97.7 Å². The number of nitrogens with zero attached hydrogens (tertiary/aromatic N) is 2. The molecule has 8 heteroatoms. The highest BCUT2D eigenvalue weighted by Gasteiger charge is 2.19. The number of rotatable bonds is 4. The van der Waals surface area contributed by atoms with Crippen molar-refractivity contribution in [1.29, 1.82) is 0 Å². The van der Waals surface area contributed by atoms with Crippen LogP contribution in [0.25, 0.3) is 11.1 Å². The number of benzene rings is 1. The molecule has 1 aliphatic carbocycles. The third-order valence-corrected chi connectivity index (χ3v) is 6.60. The van der Waals surface area contributed by atoms with Crippen LogP contribution in [0.1, 0.15) is 37.6 Å². The maximum atomic E-state index is 13.0. The number of pyridine rings is 1. The van der Waals surface area contributed by atoms with Crippen molar-refractivity contribution in [2.24, 2.45) is 4.36 Å². The van der Waals surface area contributed by atoms with E-state index in [1.807, 2.05) is 30.4 Å². The molecule has 0 fully saturated rings. The average Bonchev–Trinajstić information content (AvgIpc) is 2.73. The molecule has 1 N–H and O–H groups in total. The van der Waals surface area contributed by atoms with Gasteiger partial charge in [0.2, 0.25) is 0 Å². The molecule has 0 spiro atoms. The van der Waals surface area contributed by atoms with E-state index >= 15 is 0 Å². The minimum absolute atomic E-state index is 0.248. The number of carbonyl (C=O) groups is 2. The molecule has 1 aliphatic rings. The Hall–Kier alpha value is -3.26. The number of amides is 2. The summed E-state index contributed by atoms with van der Waals surface area (Å²) in [5, 5.41) is 2.39. The Morgan fingerprint density at radius 1 is 1.16 bits per heavy atom. The summed E-state index contributed by atoms with van der Waals surface area (Å²) in [6.07, 6.45) is 12.0. The van der Waals surface area contributed by atoms with E-state index in [0.29, 0.717) is 17.7 Å². The molecular weight excluding hydrogens is 426 g/mol. The molecule has 0 saturated heterocycles. The van der Waals surface area contributed by atoms with Gasteiger partial charge < -0.3 is 4.74 Å². The van der Waals surface area contributed by atoms with Gasteiger partial charge >= 0.3 is 6.09 Å². The van der Waals surface area contributed by atoms with Crippen LogP contribution in [0.4, 0.5) is 10.5 Å². The summed E-state index contributed by atoms with van der Waals surface area (Å²) in [6, 6.07) is 8.77. The molecule has 2 amide bonds. The highest BCUT2D eigenvalue weighted by Crippen LogP contribution is 2.24. The third-order valence-electron chi connectivity index (χ3n) is 4.59. The summed E-state index contributed by atoms with van der Waals surface area (Å²) in [6.45, 7) is 5.37. The van der Waals surface area contributed by atoms with E-state index in [1.54, 1.807) is 51.2 Å². The van der Waals surface area contributed by atoms with E-state index in [1.165, 1.54) is 12.5 Å². The zero-order chi connectivity index (χ0) is 23.4. The van der Waals surface area contributed by atoms with Crippen LogP contribution in [0.2, 0.25) is 0 Å². The molecule has 1 aromatic heterocycles. The second kappa shape index (κ2) is 9.48. The van der Waals surface area contributed by atoms with Gasteiger partial charge in [-0.1, -0.05) is 36.4 Å². The summed E-state index contributed by atoms with van der Waals surface area (Å²) < 4.78 is 22.3. The van der Waals surface area contributed by atoms with E-state index in [-0.39, 0.29) is 10.8 Å². The Kier molecular flexibility index (Phi) is 6.93. The van der Waals surface area contributed by atoms with Gasteiger partial charge in [0.1, 0.15) is 5.60 Å². The van der Waals surface area contributed by atoms with Crippen molar-refractivity contribution < 1.29 is 18.5 Å². The van der Waals surface area contributed by atoms with Crippen molar-refractivity contribution >= 4 is 27.4 Å². The Bertz CT molecular complexity index is 1200. The van der Waals surface area contributed by atoms with Gasteiger partial charge in [-0.25, -0.2) is 9.00 Å². The first kappa shape index (κ1) is 23.4. The van der Waals surface area contributed by atoms with Gasteiger partial charge in [-0.2, -0.15) is 4.36 Å². The molecule has 2 atom stereocenters. The number of allylic oxidation sites excluding steroid dienone is 3. The van der Waals surface area contributed by atoms with Crippen molar-refractivity contribution in [3.05, 3.63) is 72.6 Å². The van der Waals surface area contributed by atoms with Crippen LogP contribution in [0, 0.1) is 0 Å². The molecular formula is C24H27N3O4S. The normalized spacial score (nSPS) is 17.3. The highest BCUT2D eigenvalue weighted by molar-refractivity contribution is 7.94. The van der Waals surface area contributed by atoms with Crippen molar-refractivity contribution in [1.82, 2.24) is 4.98 Å². The number of ether oxygens (including phenoxy) is 1. The summed E-state index contributed by atoms with van der Waals surface area (Å²) in [7, 11) is -2.75.